The van der Waals surface area contributed by atoms with Crippen LogP contribution in [0.1, 0.15) is 24.8 Å². The van der Waals surface area contributed by atoms with Crippen LogP contribution in [0.5, 0.6) is 0 Å². The summed E-state index contributed by atoms with van der Waals surface area (Å²) in [6, 6.07) is 17.9. The number of nitrogens with zero attached hydrogens (tertiary/aromatic N) is 1. The van der Waals surface area contributed by atoms with Crippen LogP contribution in [-0.4, -0.2) is 53.5 Å². The summed E-state index contributed by atoms with van der Waals surface area (Å²) in [5, 5.41) is 22.3. The van der Waals surface area contributed by atoms with E-state index in [2.05, 4.69) is 17.4 Å². The molecule has 1 aliphatic rings. The molecule has 3 N–H and O–H groups in total. The largest absolute Gasteiger partial charge is 0.475 e. The van der Waals surface area contributed by atoms with Gasteiger partial charge in [0.15, 0.2) is 0 Å². The highest BCUT2D eigenvalue weighted by atomic mass is 16.4. The predicted molar refractivity (Wildman–Crippen MR) is 108 cm³/mol. The molecule has 1 saturated heterocycles. The summed E-state index contributed by atoms with van der Waals surface area (Å²) >= 11 is 0. The molecule has 1 heterocycles. The molecule has 5 nitrogen and oxygen atoms in total. The third kappa shape index (κ3) is 5.19. The van der Waals surface area contributed by atoms with Crippen molar-refractivity contribution in [2.45, 2.75) is 37.7 Å². The van der Waals surface area contributed by atoms with Crippen molar-refractivity contribution in [2.75, 3.05) is 13.6 Å². The second-order valence-electron chi connectivity index (χ2n) is 7.29. The van der Waals surface area contributed by atoms with Crippen molar-refractivity contribution in [3.63, 3.8) is 0 Å². The van der Waals surface area contributed by atoms with Crippen LogP contribution in [0.25, 0.3) is 11.1 Å². The van der Waals surface area contributed by atoms with E-state index in [0.29, 0.717) is 6.42 Å². The van der Waals surface area contributed by atoms with Gasteiger partial charge in [-0.1, -0.05) is 61.0 Å². The average molecular weight is 366 g/mol. The molecule has 142 valence electrons. The number of likely N-dealkylation sites (N-methyl/N-ethyl adjacent to an activating group) is 1. The maximum atomic E-state index is 12.6. The molecule has 0 saturated carbocycles. The first kappa shape index (κ1) is 19.6. The molecule has 1 aliphatic heterocycles. The summed E-state index contributed by atoms with van der Waals surface area (Å²) in [6.07, 6.45) is 3.30. The predicted octanol–water partition coefficient (Wildman–Crippen LogP) is 1.88. The number of benzene rings is 2. The maximum Gasteiger partial charge on any atom is 0.475 e. The first-order chi connectivity index (χ1) is 13.0. The summed E-state index contributed by atoms with van der Waals surface area (Å²) in [6.45, 7) is 0.894. The van der Waals surface area contributed by atoms with E-state index in [1.54, 1.807) is 0 Å². The van der Waals surface area contributed by atoms with Crippen LogP contribution in [0.2, 0.25) is 0 Å². The molecule has 6 heteroatoms. The Balaban J connectivity index is 1.64. The Morgan fingerprint density at radius 1 is 1.11 bits per heavy atom. The van der Waals surface area contributed by atoms with E-state index in [0.717, 1.165) is 42.5 Å². The normalized spacial score (nSPS) is 18.7. The first-order valence-electron chi connectivity index (χ1n) is 9.55. The van der Waals surface area contributed by atoms with Gasteiger partial charge in [0, 0.05) is 0 Å². The van der Waals surface area contributed by atoms with Crippen molar-refractivity contribution in [3.05, 3.63) is 60.2 Å². The monoisotopic (exact) mass is 366 g/mol. The number of piperidine rings is 1. The van der Waals surface area contributed by atoms with E-state index < -0.39 is 13.1 Å². The third-order valence-corrected chi connectivity index (χ3v) is 5.28. The lowest BCUT2D eigenvalue weighted by Crippen LogP contribution is -2.55. The number of likely N-dealkylation sites (tertiary alicyclic amines) is 1. The third-order valence-electron chi connectivity index (χ3n) is 5.28. The molecule has 0 spiro atoms. The van der Waals surface area contributed by atoms with Gasteiger partial charge in [-0.25, -0.2) is 0 Å². The first-order valence-corrected chi connectivity index (χ1v) is 9.55. The molecule has 0 radical (unpaired) electrons. The second kappa shape index (κ2) is 9.17. The quantitative estimate of drug-likeness (QED) is 0.683. The smallest absolute Gasteiger partial charge is 0.426 e. The summed E-state index contributed by atoms with van der Waals surface area (Å²) in [7, 11) is 0.340. The van der Waals surface area contributed by atoms with Crippen LogP contribution in [0.3, 0.4) is 0 Å². The molecule has 3 rings (SSSR count). The molecule has 1 amide bonds. The average Bonchev–Trinajstić information content (AvgIpc) is 2.69. The fraction of sp³-hybridized carbons (Fsp3) is 0.381. The van der Waals surface area contributed by atoms with Gasteiger partial charge in [0.2, 0.25) is 5.91 Å². The molecule has 27 heavy (non-hydrogen) atoms. The lowest BCUT2D eigenvalue weighted by Gasteiger charge is -2.32. The number of amides is 1. The van der Waals surface area contributed by atoms with Crippen LogP contribution in [0.15, 0.2) is 54.6 Å². The van der Waals surface area contributed by atoms with Gasteiger partial charge in [0.1, 0.15) is 0 Å². The number of carbonyl (C=O) groups is 1. The Morgan fingerprint density at radius 3 is 2.41 bits per heavy atom. The van der Waals surface area contributed by atoms with Crippen molar-refractivity contribution >= 4 is 13.0 Å². The Labute approximate surface area is 161 Å². The van der Waals surface area contributed by atoms with Gasteiger partial charge in [-0.05, 0) is 49.5 Å². The van der Waals surface area contributed by atoms with Gasteiger partial charge in [-0.2, -0.15) is 0 Å². The van der Waals surface area contributed by atoms with E-state index in [1.165, 1.54) is 0 Å². The highest BCUT2D eigenvalue weighted by Gasteiger charge is 2.31. The molecule has 0 bridgehead atoms. The minimum Gasteiger partial charge on any atom is -0.426 e. The zero-order valence-corrected chi connectivity index (χ0v) is 15.7. The van der Waals surface area contributed by atoms with Gasteiger partial charge in [0.25, 0.3) is 0 Å². The van der Waals surface area contributed by atoms with E-state index in [4.69, 9.17) is 0 Å². The van der Waals surface area contributed by atoms with E-state index in [9.17, 15) is 14.8 Å². The van der Waals surface area contributed by atoms with Crippen molar-refractivity contribution in [2.24, 2.45) is 0 Å². The van der Waals surface area contributed by atoms with Crippen molar-refractivity contribution in [1.29, 1.82) is 0 Å². The molecule has 0 aromatic heterocycles. The standard InChI is InChI=1S/C21H27BN2O3/c1-24-14-6-5-9-19(24)21(25)23-20(22(26)27)15-16-10-12-18(13-11-16)17-7-3-2-4-8-17/h2-4,7-8,10-13,19-20,26-27H,5-6,9,14-15H2,1H3,(H,23,25)/t19-,20+/m1/s1. The molecule has 1 fully saturated rings. The molecule has 0 unspecified atom stereocenters. The summed E-state index contributed by atoms with van der Waals surface area (Å²) < 4.78 is 0. The molecule has 2 atom stereocenters. The fourth-order valence-electron chi connectivity index (χ4n) is 3.63. The van der Waals surface area contributed by atoms with Gasteiger partial charge in [0.05, 0.1) is 12.0 Å². The molecule has 0 aliphatic carbocycles. The number of rotatable bonds is 6. The Kier molecular flexibility index (Phi) is 6.66. The fourth-order valence-corrected chi connectivity index (χ4v) is 3.63. The van der Waals surface area contributed by atoms with Crippen molar-refractivity contribution < 1.29 is 14.8 Å². The summed E-state index contributed by atoms with van der Waals surface area (Å²) in [5.41, 5.74) is 3.19. The van der Waals surface area contributed by atoms with E-state index in [-0.39, 0.29) is 11.9 Å². The van der Waals surface area contributed by atoms with Gasteiger partial charge >= 0.3 is 7.12 Å². The zero-order valence-electron chi connectivity index (χ0n) is 15.7. The Bertz CT molecular complexity index is 737. The van der Waals surface area contributed by atoms with Crippen LogP contribution < -0.4 is 5.32 Å². The topological polar surface area (TPSA) is 72.8 Å². The highest BCUT2D eigenvalue weighted by molar-refractivity contribution is 6.43. The van der Waals surface area contributed by atoms with Gasteiger partial charge in [-0.15, -0.1) is 0 Å². The minimum atomic E-state index is -1.60. The molecular formula is C21H27BN2O3. The number of nitrogens with one attached hydrogen (secondary N) is 1. The van der Waals surface area contributed by atoms with Gasteiger partial charge < -0.3 is 15.4 Å². The van der Waals surface area contributed by atoms with E-state index in [1.807, 2.05) is 54.4 Å². The summed E-state index contributed by atoms with van der Waals surface area (Å²) in [4.78, 5) is 14.6. The van der Waals surface area contributed by atoms with Crippen LogP contribution >= 0.6 is 0 Å². The van der Waals surface area contributed by atoms with Crippen LogP contribution in [0, 0.1) is 0 Å². The highest BCUT2D eigenvalue weighted by Crippen LogP contribution is 2.20. The number of carbonyl (C=O) groups excluding carboxylic acids is 1. The molecular weight excluding hydrogens is 339 g/mol. The lowest BCUT2D eigenvalue weighted by molar-refractivity contribution is -0.127. The zero-order chi connectivity index (χ0) is 19.2. The maximum absolute atomic E-state index is 12.6. The van der Waals surface area contributed by atoms with Crippen LogP contribution in [0.4, 0.5) is 0 Å². The van der Waals surface area contributed by atoms with E-state index >= 15 is 0 Å². The second-order valence-corrected chi connectivity index (χ2v) is 7.29. The number of hydrogen-bond acceptors (Lipinski definition) is 4. The van der Waals surface area contributed by atoms with Crippen LogP contribution in [-0.2, 0) is 11.2 Å². The lowest BCUT2D eigenvalue weighted by atomic mass is 9.75. The number of hydrogen-bond donors (Lipinski definition) is 3. The van der Waals surface area contributed by atoms with Crippen molar-refractivity contribution in [3.8, 4) is 11.1 Å². The Hall–Kier alpha value is -2.15. The van der Waals surface area contributed by atoms with Gasteiger partial charge in [-0.3, -0.25) is 9.69 Å². The minimum absolute atomic E-state index is 0.129. The summed E-state index contributed by atoms with van der Waals surface area (Å²) in [5.74, 6) is -0.855. The SMILES string of the molecule is CN1CCCC[C@@H]1C(=O)N[C@@H](Cc1ccc(-c2ccccc2)cc1)B(O)O. The Morgan fingerprint density at radius 2 is 1.78 bits per heavy atom. The molecule has 2 aromatic rings. The molecule has 2 aromatic carbocycles. The van der Waals surface area contributed by atoms with Crippen molar-refractivity contribution in [1.82, 2.24) is 10.2 Å².